The lowest BCUT2D eigenvalue weighted by molar-refractivity contribution is 0.233. The first-order valence-electron chi connectivity index (χ1n) is 10.6. The molecule has 0 spiro atoms. The first kappa shape index (κ1) is 20.2. The highest BCUT2D eigenvalue weighted by Crippen LogP contribution is 2.29. The largest absolute Gasteiger partial charge is 0.432 e. The highest BCUT2D eigenvalue weighted by Gasteiger charge is 2.07. The minimum atomic E-state index is 0.230. The molecule has 147 valence electrons. The molecule has 0 aliphatic rings. The zero-order valence-electron chi connectivity index (χ0n) is 17.6. The molecule has 2 heteroatoms. The molecule has 0 aliphatic heterocycles. The second-order valence-corrected chi connectivity index (χ2v) is 7.63. The monoisotopic (exact) mass is 389 g/mol. The maximum absolute atomic E-state index is 5.79. The van der Waals surface area contributed by atoms with Gasteiger partial charge in [-0.2, -0.15) is 0 Å². The van der Waals surface area contributed by atoms with E-state index in [1.807, 2.05) is 7.48 Å². The van der Waals surface area contributed by atoms with E-state index in [4.69, 9.17) is 4.65 Å². The van der Waals surface area contributed by atoms with E-state index in [-0.39, 0.29) is 6.10 Å². The van der Waals surface area contributed by atoms with Gasteiger partial charge in [0.15, 0.2) is 0 Å². The van der Waals surface area contributed by atoms with E-state index in [9.17, 15) is 0 Å². The summed E-state index contributed by atoms with van der Waals surface area (Å²) in [6.07, 6.45) is 1.23. The molecule has 0 fully saturated rings. The first-order valence-corrected chi connectivity index (χ1v) is 10.6. The summed E-state index contributed by atoms with van der Waals surface area (Å²) in [4.78, 5) is 0. The molecular formula is C28H26BO. The molecule has 0 bridgehead atoms. The van der Waals surface area contributed by atoms with E-state index in [1.165, 1.54) is 33.4 Å². The topological polar surface area (TPSA) is 9.23 Å². The molecule has 1 nitrogen and oxygen atoms in total. The van der Waals surface area contributed by atoms with Crippen LogP contribution in [-0.4, -0.2) is 13.6 Å². The van der Waals surface area contributed by atoms with Gasteiger partial charge in [-0.3, -0.25) is 0 Å². The number of benzene rings is 4. The Kier molecular flexibility index (Phi) is 6.46. The Hall–Kier alpha value is -3.10. The summed E-state index contributed by atoms with van der Waals surface area (Å²) in [5.74, 6) is 0. The van der Waals surface area contributed by atoms with Crippen LogP contribution in [0, 0.1) is 0 Å². The average molecular weight is 389 g/mol. The van der Waals surface area contributed by atoms with Crippen molar-refractivity contribution in [1.82, 2.24) is 0 Å². The van der Waals surface area contributed by atoms with E-state index in [0.29, 0.717) is 0 Å². The Morgan fingerprint density at radius 2 is 1.07 bits per heavy atom. The Morgan fingerprint density at radius 1 is 0.600 bits per heavy atom. The van der Waals surface area contributed by atoms with Crippen LogP contribution in [0.15, 0.2) is 103 Å². The van der Waals surface area contributed by atoms with Crippen LogP contribution in [0.4, 0.5) is 0 Å². The van der Waals surface area contributed by atoms with Gasteiger partial charge in [-0.15, -0.1) is 0 Å². The van der Waals surface area contributed by atoms with Crippen LogP contribution in [0.5, 0.6) is 0 Å². The predicted molar refractivity (Wildman–Crippen MR) is 129 cm³/mol. The van der Waals surface area contributed by atoms with E-state index >= 15 is 0 Å². The van der Waals surface area contributed by atoms with Crippen molar-refractivity contribution < 1.29 is 4.65 Å². The summed E-state index contributed by atoms with van der Waals surface area (Å²) in [5, 5.41) is 0. The van der Waals surface area contributed by atoms with Crippen LogP contribution in [-0.2, 0) is 4.65 Å². The molecule has 4 aromatic carbocycles. The Morgan fingerprint density at radius 3 is 1.63 bits per heavy atom. The minimum Gasteiger partial charge on any atom is -0.432 e. The van der Waals surface area contributed by atoms with Gasteiger partial charge in [-0.25, -0.2) is 0 Å². The van der Waals surface area contributed by atoms with E-state index < -0.39 is 0 Å². The quantitative estimate of drug-likeness (QED) is 0.318. The van der Waals surface area contributed by atoms with Crippen molar-refractivity contribution in [1.29, 1.82) is 0 Å². The molecule has 1 radical (unpaired) electrons. The lowest BCUT2D eigenvalue weighted by Crippen LogP contribution is -2.22. The Labute approximate surface area is 180 Å². The second kappa shape index (κ2) is 9.60. The smallest absolute Gasteiger partial charge is 0.330 e. The standard InChI is InChI=1S/C28H26BO/c1-3-21(2)30-29-28-17-9-16-27(20-28)26-15-8-14-25(19-26)24-13-7-12-23(18-24)22-10-5-4-6-11-22/h4-21H,3H2,1-2H3. The molecular weight excluding hydrogens is 363 g/mol. The van der Waals surface area contributed by atoms with Gasteiger partial charge in [-0.1, -0.05) is 103 Å². The van der Waals surface area contributed by atoms with E-state index in [0.717, 1.165) is 11.9 Å². The van der Waals surface area contributed by atoms with Crippen LogP contribution < -0.4 is 5.46 Å². The molecule has 0 saturated heterocycles. The molecule has 4 aromatic rings. The zero-order valence-corrected chi connectivity index (χ0v) is 17.6. The van der Waals surface area contributed by atoms with Crippen LogP contribution >= 0.6 is 0 Å². The van der Waals surface area contributed by atoms with Gasteiger partial charge in [0.2, 0.25) is 0 Å². The zero-order chi connectivity index (χ0) is 20.8. The number of hydrogen-bond donors (Lipinski definition) is 0. The molecule has 0 N–H and O–H groups in total. The summed E-state index contributed by atoms with van der Waals surface area (Å²) in [6, 6.07) is 36.5. The fourth-order valence-electron chi connectivity index (χ4n) is 3.47. The summed E-state index contributed by atoms with van der Waals surface area (Å²) in [5.41, 5.74) is 8.40. The first-order chi connectivity index (χ1) is 14.7. The highest BCUT2D eigenvalue weighted by atomic mass is 16.4. The van der Waals surface area contributed by atoms with Crippen molar-refractivity contribution in [2.24, 2.45) is 0 Å². The van der Waals surface area contributed by atoms with Gasteiger partial charge >= 0.3 is 7.48 Å². The number of rotatable bonds is 7. The molecule has 30 heavy (non-hydrogen) atoms. The lowest BCUT2D eigenvalue weighted by atomic mass is 9.85. The van der Waals surface area contributed by atoms with Crippen molar-refractivity contribution >= 4 is 12.9 Å². The van der Waals surface area contributed by atoms with Crippen molar-refractivity contribution in [3.05, 3.63) is 103 Å². The lowest BCUT2D eigenvalue weighted by Gasteiger charge is -2.11. The summed E-state index contributed by atoms with van der Waals surface area (Å²) < 4.78 is 5.79. The average Bonchev–Trinajstić information content (AvgIpc) is 2.83. The van der Waals surface area contributed by atoms with Crippen molar-refractivity contribution in [3.8, 4) is 33.4 Å². The molecule has 1 atom stereocenters. The highest BCUT2D eigenvalue weighted by molar-refractivity contribution is 6.47. The third-order valence-electron chi connectivity index (χ3n) is 5.40. The van der Waals surface area contributed by atoms with Crippen LogP contribution in [0.1, 0.15) is 20.3 Å². The van der Waals surface area contributed by atoms with E-state index in [1.54, 1.807) is 0 Å². The molecule has 1 unspecified atom stereocenters. The van der Waals surface area contributed by atoms with Crippen LogP contribution in [0.2, 0.25) is 0 Å². The number of hydrogen-bond acceptors (Lipinski definition) is 1. The van der Waals surface area contributed by atoms with Crippen molar-refractivity contribution in [2.75, 3.05) is 0 Å². The molecule has 0 amide bonds. The van der Waals surface area contributed by atoms with E-state index in [2.05, 4.69) is 117 Å². The molecule has 0 saturated carbocycles. The van der Waals surface area contributed by atoms with Gasteiger partial charge in [0, 0.05) is 6.10 Å². The van der Waals surface area contributed by atoms with Gasteiger partial charge in [0.05, 0.1) is 0 Å². The molecule has 0 aromatic heterocycles. The van der Waals surface area contributed by atoms with Gasteiger partial charge < -0.3 is 4.65 Å². The SMILES string of the molecule is CCC(C)O[B]c1cccc(-c2cccc(-c3cccc(-c4ccccc4)c3)c2)c1. The summed E-state index contributed by atoms with van der Waals surface area (Å²) in [7, 11) is 1.87. The normalized spacial score (nSPS) is 11.8. The molecule has 4 rings (SSSR count). The van der Waals surface area contributed by atoms with Crippen LogP contribution in [0.3, 0.4) is 0 Å². The summed E-state index contributed by atoms with van der Waals surface area (Å²) >= 11 is 0. The third-order valence-corrected chi connectivity index (χ3v) is 5.40. The van der Waals surface area contributed by atoms with Crippen molar-refractivity contribution in [2.45, 2.75) is 26.4 Å². The van der Waals surface area contributed by atoms with Gasteiger partial charge in [0.25, 0.3) is 0 Å². The fraction of sp³-hybridized carbons (Fsp3) is 0.143. The van der Waals surface area contributed by atoms with Gasteiger partial charge in [0.1, 0.15) is 0 Å². The predicted octanol–water partition coefficient (Wildman–Crippen LogP) is 6.75. The van der Waals surface area contributed by atoms with Crippen molar-refractivity contribution in [3.63, 3.8) is 0 Å². The summed E-state index contributed by atoms with van der Waals surface area (Å²) in [6.45, 7) is 4.22. The minimum absolute atomic E-state index is 0.230. The van der Waals surface area contributed by atoms with Gasteiger partial charge in [-0.05, 0) is 58.9 Å². The molecule has 0 aliphatic carbocycles. The Bertz CT molecular complexity index is 1100. The molecule has 0 heterocycles. The maximum Gasteiger partial charge on any atom is 0.330 e. The Balaban J connectivity index is 1.61. The third kappa shape index (κ3) is 4.90. The maximum atomic E-state index is 5.79. The fourth-order valence-corrected chi connectivity index (χ4v) is 3.47. The second-order valence-electron chi connectivity index (χ2n) is 7.63. The van der Waals surface area contributed by atoms with Crippen LogP contribution in [0.25, 0.3) is 33.4 Å².